The number of anilines is 2. The smallest absolute Gasteiger partial charge is 0.261 e. The molecular formula is C18H20N2O3S. The first-order chi connectivity index (χ1) is 11.4. The van der Waals surface area contributed by atoms with Crippen molar-refractivity contribution in [1.82, 2.24) is 0 Å². The zero-order valence-corrected chi connectivity index (χ0v) is 14.5. The fraction of sp³-hybridized carbons (Fsp3) is 0.278. The number of rotatable bonds is 4. The monoisotopic (exact) mass is 344 g/mol. The minimum atomic E-state index is -3.68. The van der Waals surface area contributed by atoms with Crippen LogP contribution in [0.5, 0.6) is 0 Å². The molecule has 2 N–H and O–H groups in total. The normalized spacial score (nSPS) is 14.2. The van der Waals surface area contributed by atoms with E-state index in [-0.39, 0.29) is 16.7 Å². The van der Waals surface area contributed by atoms with E-state index in [1.54, 1.807) is 18.2 Å². The van der Waals surface area contributed by atoms with Crippen molar-refractivity contribution in [3.05, 3.63) is 53.6 Å². The third-order valence-electron chi connectivity index (χ3n) is 4.11. The molecular weight excluding hydrogens is 324 g/mol. The van der Waals surface area contributed by atoms with E-state index >= 15 is 0 Å². The number of hydrogen-bond donors (Lipinski definition) is 2. The summed E-state index contributed by atoms with van der Waals surface area (Å²) in [6.07, 6.45) is 0.924. The first kappa shape index (κ1) is 16.5. The van der Waals surface area contributed by atoms with Gasteiger partial charge < -0.3 is 5.32 Å². The highest BCUT2D eigenvalue weighted by Gasteiger charge is 2.21. The Balaban J connectivity index is 1.93. The molecule has 3 rings (SSSR count). The molecule has 0 atom stereocenters. The number of aryl methyl sites for hydroxylation is 1. The van der Waals surface area contributed by atoms with Gasteiger partial charge in [0.1, 0.15) is 0 Å². The number of carbonyl (C=O) groups is 1. The van der Waals surface area contributed by atoms with Crippen molar-refractivity contribution in [3.8, 4) is 0 Å². The molecule has 6 heteroatoms. The zero-order valence-electron chi connectivity index (χ0n) is 13.7. The highest BCUT2D eigenvalue weighted by atomic mass is 32.2. The highest BCUT2D eigenvalue weighted by Crippen LogP contribution is 2.29. The highest BCUT2D eigenvalue weighted by molar-refractivity contribution is 7.92. The fourth-order valence-corrected chi connectivity index (χ4v) is 3.96. The number of fused-ring (bicyclic) bond motifs is 1. The Labute approximate surface area is 142 Å². The zero-order chi connectivity index (χ0) is 17.3. The molecule has 2 aromatic carbocycles. The maximum absolute atomic E-state index is 12.7. The SMILES string of the molecule is CC(C)c1ccccc1NS(=O)(=O)c1ccc2c(c1)CCC(=O)N2. The van der Waals surface area contributed by atoms with Gasteiger partial charge in [0, 0.05) is 12.1 Å². The third-order valence-corrected chi connectivity index (χ3v) is 5.47. The molecule has 5 nitrogen and oxygen atoms in total. The molecule has 0 radical (unpaired) electrons. The van der Waals surface area contributed by atoms with E-state index in [1.165, 1.54) is 6.07 Å². The van der Waals surface area contributed by atoms with Crippen LogP contribution in [-0.4, -0.2) is 14.3 Å². The van der Waals surface area contributed by atoms with E-state index < -0.39 is 10.0 Å². The van der Waals surface area contributed by atoms with E-state index in [0.717, 1.165) is 11.1 Å². The second-order valence-corrected chi connectivity index (χ2v) is 7.90. The predicted octanol–water partition coefficient (Wildman–Crippen LogP) is 3.50. The molecule has 0 bridgehead atoms. The Morgan fingerprint density at radius 3 is 2.58 bits per heavy atom. The summed E-state index contributed by atoms with van der Waals surface area (Å²) in [5, 5.41) is 2.76. The third kappa shape index (κ3) is 3.28. The van der Waals surface area contributed by atoms with Gasteiger partial charge in [0.25, 0.3) is 10.0 Å². The van der Waals surface area contributed by atoms with Crippen molar-refractivity contribution in [3.63, 3.8) is 0 Å². The molecule has 24 heavy (non-hydrogen) atoms. The Morgan fingerprint density at radius 1 is 1.08 bits per heavy atom. The van der Waals surface area contributed by atoms with Gasteiger partial charge in [-0.15, -0.1) is 0 Å². The van der Waals surface area contributed by atoms with Crippen LogP contribution in [0.15, 0.2) is 47.4 Å². The van der Waals surface area contributed by atoms with Crippen molar-refractivity contribution in [2.45, 2.75) is 37.5 Å². The van der Waals surface area contributed by atoms with Crippen LogP contribution >= 0.6 is 0 Å². The lowest BCUT2D eigenvalue weighted by molar-refractivity contribution is -0.116. The number of nitrogens with one attached hydrogen (secondary N) is 2. The van der Waals surface area contributed by atoms with Crippen LogP contribution in [0.2, 0.25) is 0 Å². The van der Waals surface area contributed by atoms with Gasteiger partial charge in [-0.2, -0.15) is 0 Å². The quantitative estimate of drug-likeness (QED) is 0.891. The Bertz CT molecular complexity index is 889. The molecule has 0 saturated heterocycles. The summed E-state index contributed by atoms with van der Waals surface area (Å²) in [6.45, 7) is 4.05. The molecule has 126 valence electrons. The largest absolute Gasteiger partial charge is 0.326 e. The van der Waals surface area contributed by atoms with Gasteiger partial charge in [0.05, 0.1) is 10.6 Å². The maximum atomic E-state index is 12.7. The van der Waals surface area contributed by atoms with Gasteiger partial charge in [-0.25, -0.2) is 8.42 Å². The number of sulfonamides is 1. The molecule has 0 saturated carbocycles. The van der Waals surface area contributed by atoms with Crippen molar-refractivity contribution in [2.75, 3.05) is 10.0 Å². The topological polar surface area (TPSA) is 75.3 Å². The summed E-state index contributed by atoms with van der Waals surface area (Å²) in [5.41, 5.74) is 3.08. The summed E-state index contributed by atoms with van der Waals surface area (Å²) in [7, 11) is -3.68. The lowest BCUT2D eigenvalue weighted by atomic mass is 10.0. The minimum Gasteiger partial charge on any atom is -0.326 e. The Morgan fingerprint density at radius 2 is 1.83 bits per heavy atom. The second kappa shape index (κ2) is 6.28. The number of para-hydroxylation sites is 1. The molecule has 1 aliphatic heterocycles. The van der Waals surface area contributed by atoms with Crippen LogP contribution in [0, 0.1) is 0 Å². The molecule has 0 fully saturated rings. The van der Waals surface area contributed by atoms with Crippen molar-refractivity contribution in [1.29, 1.82) is 0 Å². The summed E-state index contributed by atoms with van der Waals surface area (Å²) in [4.78, 5) is 11.6. The number of carbonyl (C=O) groups excluding carboxylic acids is 1. The van der Waals surface area contributed by atoms with Crippen LogP contribution < -0.4 is 10.0 Å². The van der Waals surface area contributed by atoms with Crippen LogP contribution in [0.4, 0.5) is 11.4 Å². The van der Waals surface area contributed by atoms with E-state index in [9.17, 15) is 13.2 Å². The average molecular weight is 344 g/mol. The maximum Gasteiger partial charge on any atom is 0.261 e. The molecule has 0 spiro atoms. The molecule has 0 unspecified atom stereocenters. The van der Waals surface area contributed by atoms with Gasteiger partial charge in [-0.3, -0.25) is 9.52 Å². The Hall–Kier alpha value is -2.34. The van der Waals surface area contributed by atoms with Crippen molar-refractivity contribution < 1.29 is 13.2 Å². The van der Waals surface area contributed by atoms with Gasteiger partial charge >= 0.3 is 0 Å². The van der Waals surface area contributed by atoms with Gasteiger partial charge in [-0.1, -0.05) is 32.0 Å². The molecule has 0 aliphatic carbocycles. The van der Waals surface area contributed by atoms with Gasteiger partial charge in [0.15, 0.2) is 0 Å². The number of benzene rings is 2. The first-order valence-corrected chi connectivity index (χ1v) is 9.39. The lowest BCUT2D eigenvalue weighted by Crippen LogP contribution is -2.20. The lowest BCUT2D eigenvalue weighted by Gasteiger charge is -2.19. The molecule has 2 aromatic rings. The summed E-state index contributed by atoms with van der Waals surface area (Å²) >= 11 is 0. The average Bonchev–Trinajstić information content (AvgIpc) is 2.54. The molecule has 1 heterocycles. The van der Waals surface area contributed by atoms with Crippen molar-refractivity contribution >= 4 is 27.3 Å². The van der Waals surface area contributed by atoms with E-state index in [1.807, 2.05) is 32.0 Å². The number of amides is 1. The molecule has 1 amide bonds. The second-order valence-electron chi connectivity index (χ2n) is 6.21. The van der Waals surface area contributed by atoms with E-state index in [0.29, 0.717) is 24.2 Å². The minimum absolute atomic E-state index is 0.0397. The van der Waals surface area contributed by atoms with Crippen LogP contribution in [0.1, 0.15) is 37.3 Å². The van der Waals surface area contributed by atoms with Crippen LogP contribution in [0.25, 0.3) is 0 Å². The van der Waals surface area contributed by atoms with E-state index in [4.69, 9.17) is 0 Å². The van der Waals surface area contributed by atoms with E-state index in [2.05, 4.69) is 10.0 Å². The van der Waals surface area contributed by atoms with Gasteiger partial charge in [-0.05, 0) is 47.7 Å². The summed E-state index contributed by atoms with van der Waals surface area (Å²) in [5.74, 6) is 0.171. The standard InChI is InChI=1S/C18H20N2O3S/c1-12(2)15-5-3-4-6-17(15)20-24(22,23)14-8-9-16-13(11-14)7-10-18(21)19-16/h3-6,8-9,11-12,20H,7,10H2,1-2H3,(H,19,21). The first-order valence-electron chi connectivity index (χ1n) is 7.91. The predicted molar refractivity (Wildman–Crippen MR) is 94.7 cm³/mol. The Kier molecular flexibility index (Phi) is 4.32. The molecule has 1 aliphatic rings. The number of hydrogen-bond acceptors (Lipinski definition) is 3. The van der Waals surface area contributed by atoms with Crippen LogP contribution in [-0.2, 0) is 21.2 Å². The molecule has 0 aromatic heterocycles. The van der Waals surface area contributed by atoms with Crippen molar-refractivity contribution in [2.24, 2.45) is 0 Å². The fourth-order valence-electron chi connectivity index (χ4n) is 2.82. The summed E-state index contributed by atoms with van der Waals surface area (Å²) in [6, 6.07) is 12.2. The van der Waals surface area contributed by atoms with Gasteiger partial charge in [0.2, 0.25) is 5.91 Å². The summed E-state index contributed by atoms with van der Waals surface area (Å²) < 4.78 is 28.1. The van der Waals surface area contributed by atoms with Crippen LogP contribution in [0.3, 0.4) is 0 Å².